The number of nitrogens with one attached hydrogen (secondary N) is 1. The van der Waals surface area contributed by atoms with Crippen molar-refractivity contribution < 1.29 is 9.47 Å². The fourth-order valence-electron chi connectivity index (χ4n) is 1.80. The van der Waals surface area contributed by atoms with Crippen LogP contribution in [0.5, 0.6) is 11.5 Å². The fraction of sp³-hybridized carbons (Fsp3) is 0.571. The van der Waals surface area contributed by atoms with E-state index in [4.69, 9.17) is 9.47 Å². The van der Waals surface area contributed by atoms with E-state index in [0.717, 1.165) is 30.6 Å². The average Bonchev–Trinajstić information content (AvgIpc) is 2.28. The van der Waals surface area contributed by atoms with Gasteiger partial charge in [0, 0.05) is 12.6 Å². The highest BCUT2D eigenvalue weighted by Gasteiger charge is 2.17. The lowest BCUT2D eigenvalue weighted by atomic mass is 9.86. The van der Waals surface area contributed by atoms with E-state index >= 15 is 0 Å². The standard InChI is InChI=1S/C14H21NO2/c1-15-8-9-16-13-6-3-7-14(10-13)17-11-12-4-2-5-12/h3,6-7,10,12,15H,2,4-5,8-9,11H2,1H3. The van der Waals surface area contributed by atoms with E-state index in [9.17, 15) is 0 Å². The molecule has 1 aliphatic carbocycles. The molecule has 1 fully saturated rings. The quantitative estimate of drug-likeness (QED) is 0.736. The van der Waals surface area contributed by atoms with Gasteiger partial charge in [0.25, 0.3) is 0 Å². The van der Waals surface area contributed by atoms with E-state index < -0.39 is 0 Å². The van der Waals surface area contributed by atoms with Crippen molar-refractivity contribution >= 4 is 0 Å². The maximum absolute atomic E-state index is 5.76. The molecule has 2 rings (SSSR count). The van der Waals surface area contributed by atoms with Crippen molar-refractivity contribution in [2.75, 3.05) is 26.8 Å². The lowest BCUT2D eigenvalue weighted by Crippen LogP contribution is -2.19. The summed E-state index contributed by atoms with van der Waals surface area (Å²) >= 11 is 0. The number of rotatable bonds is 7. The van der Waals surface area contributed by atoms with Crippen LogP contribution >= 0.6 is 0 Å². The van der Waals surface area contributed by atoms with Gasteiger partial charge in [0.05, 0.1) is 6.61 Å². The zero-order chi connectivity index (χ0) is 11.9. The maximum Gasteiger partial charge on any atom is 0.123 e. The molecule has 0 heterocycles. The van der Waals surface area contributed by atoms with Crippen molar-refractivity contribution in [2.24, 2.45) is 5.92 Å². The predicted molar refractivity (Wildman–Crippen MR) is 68.7 cm³/mol. The molecule has 0 spiro atoms. The Balaban J connectivity index is 1.78. The van der Waals surface area contributed by atoms with Crippen LogP contribution in [0.4, 0.5) is 0 Å². The lowest BCUT2D eigenvalue weighted by Gasteiger charge is -2.25. The molecule has 3 heteroatoms. The first-order chi connectivity index (χ1) is 8.38. The molecule has 0 radical (unpaired) electrons. The number of hydrogen-bond acceptors (Lipinski definition) is 3. The average molecular weight is 235 g/mol. The van der Waals surface area contributed by atoms with Gasteiger partial charge in [0.2, 0.25) is 0 Å². The van der Waals surface area contributed by atoms with Crippen molar-refractivity contribution in [3.05, 3.63) is 24.3 Å². The summed E-state index contributed by atoms with van der Waals surface area (Å²) in [5, 5.41) is 3.05. The van der Waals surface area contributed by atoms with Gasteiger partial charge in [-0.3, -0.25) is 0 Å². The minimum atomic E-state index is 0.683. The first-order valence-electron chi connectivity index (χ1n) is 6.39. The van der Waals surface area contributed by atoms with E-state index in [1.165, 1.54) is 19.3 Å². The normalized spacial score (nSPS) is 15.4. The molecule has 17 heavy (non-hydrogen) atoms. The molecule has 1 saturated carbocycles. The summed E-state index contributed by atoms with van der Waals surface area (Å²) in [5.41, 5.74) is 0. The molecule has 1 aliphatic rings. The zero-order valence-electron chi connectivity index (χ0n) is 10.4. The summed E-state index contributed by atoms with van der Waals surface area (Å²) in [5.74, 6) is 2.56. The zero-order valence-corrected chi connectivity index (χ0v) is 10.4. The van der Waals surface area contributed by atoms with Gasteiger partial charge in [0.1, 0.15) is 18.1 Å². The first kappa shape index (κ1) is 12.2. The first-order valence-corrected chi connectivity index (χ1v) is 6.39. The molecular formula is C14H21NO2. The molecule has 0 saturated heterocycles. The SMILES string of the molecule is CNCCOc1cccc(OCC2CCC2)c1. The topological polar surface area (TPSA) is 30.5 Å². The van der Waals surface area contributed by atoms with Crippen LogP contribution in [0.3, 0.4) is 0 Å². The van der Waals surface area contributed by atoms with Crippen LogP contribution in [0.2, 0.25) is 0 Å². The van der Waals surface area contributed by atoms with Gasteiger partial charge in [-0.05, 0) is 37.9 Å². The molecule has 94 valence electrons. The number of likely N-dealkylation sites (N-methyl/N-ethyl adjacent to an activating group) is 1. The largest absolute Gasteiger partial charge is 0.493 e. The van der Waals surface area contributed by atoms with E-state index in [1.807, 2.05) is 31.3 Å². The minimum absolute atomic E-state index is 0.683. The van der Waals surface area contributed by atoms with E-state index in [1.54, 1.807) is 0 Å². The second-order valence-electron chi connectivity index (χ2n) is 4.53. The van der Waals surface area contributed by atoms with Gasteiger partial charge >= 0.3 is 0 Å². The lowest BCUT2D eigenvalue weighted by molar-refractivity contribution is 0.180. The Morgan fingerprint density at radius 2 is 2.00 bits per heavy atom. The van der Waals surface area contributed by atoms with Crippen molar-refractivity contribution in [1.29, 1.82) is 0 Å². The van der Waals surface area contributed by atoms with Gasteiger partial charge in [0.15, 0.2) is 0 Å². The van der Waals surface area contributed by atoms with Gasteiger partial charge in [-0.15, -0.1) is 0 Å². The fourth-order valence-corrected chi connectivity index (χ4v) is 1.80. The predicted octanol–water partition coefficient (Wildman–Crippen LogP) is 2.46. The smallest absolute Gasteiger partial charge is 0.123 e. The Morgan fingerprint density at radius 3 is 2.65 bits per heavy atom. The second-order valence-corrected chi connectivity index (χ2v) is 4.53. The molecule has 0 aromatic heterocycles. The Bertz CT molecular complexity index is 337. The third-order valence-electron chi connectivity index (χ3n) is 3.14. The van der Waals surface area contributed by atoms with Gasteiger partial charge in [-0.2, -0.15) is 0 Å². The molecule has 0 amide bonds. The van der Waals surface area contributed by atoms with Crippen LogP contribution in [0.15, 0.2) is 24.3 Å². The Kier molecular flexibility index (Phi) is 4.68. The van der Waals surface area contributed by atoms with Crippen LogP contribution in [-0.2, 0) is 0 Å². The highest BCUT2D eigenvalue weighted by atomic mass is 16.5. The third kappa shape index (κ3) is 3.93. The molecule has 1 aromatic rings. The molecule has 0 unspecified atom stereocenters. The highest BCUT2D eigenvalue weighted by molar-refractivity contribution is 5.32. The van der Waals surface area contributed by atoms with Crippen molar-refractivity contribution in [2.45, 2.75) is 19.3 Å². The summed E-state index contributed by atoms with van der Waals surface area (Å²) in [4.78, 5) is 0. The Morgan fingerprint density at radius 1 is 1.24 bits per heavy atom. The summed E-state index contributed by atoms with van der Waals surface area (Å²) in [7, 11) is 1.92. The molecule has 0 bridgehead atoms. The summed E-state index contributed by atoms with van der Waals surface area (Å²) < 4.78 is 11.4. The Labute approximate surface area is 103 Å². The van der Waals surface area contributed by atoms with Crippen LogP contribution < -0.4 is 14.8 Å². The molecule has 0 atom stereocenters. The van der Waals surface area contributed by atoms with Crippen LogP contribution in [0.1, 0.15) is 19.3 Å². The molecule has 1 aromatic carbocycles. The van der Waals surface area contributed by atoms with Crippen LogP contribution in [-0.4, -0.2) is 26.8 Å². The van der Waals surface area contributed by atoms with Gasteiger partial charge in [-0.1, -0.05) is 12.5 Å². The number of benzene rings is 1. The summed E-state index contributed by atoms with van der Waals surface area (Å²) in [6, 6.07) is 7.90. The van der Waals surface area contributed by atoms with E-state index in [2.05, 4.69) is 5.32 Å². The molecule has 1 N–H and O–H groups in total. The minimum Gasteiger partial charge on any atom is -0.493 e. The Hall–Kier alpha value is -1.22. The number of hydrogen-bond donors (Lipinski definition) is 1. The van der Waals surface area contributed by atoms with Gasteiger partial charge in [-0.25, -0.2) is 0 Å². The van der Waals surface area contributed by atoms with Crippen molar-refractivity contribution in [3.63, 3.8) is 0 Å². The van der Waals surface area contributed by atoms with E-state index in [0.29, 0.717) is 6.61 Å². The van der Waals surface area contributed by atoms with Gasteiger partial charge < -0.3 is 14.8 Å². The summed E-state index contributed by atoms with van der Waals surface area (Å²) in [6.07, 6.45) is 4.00. The molecule has 0 aliphatic heterocycles. The second kappa shape index (κ2) is 6.50. The van der Waals surface area contributed by atoms with Crippen molar-refractivity contribution in [1.82, 2.24) is 5.32 Å². The third-order valence-corrected chi connectivity index (χ3v) is 3.14. The molecular weight excluding hydrogens is 214 g/mol. The van der Waals surface area contributed by atoms with Crippen molar-refractivity contribution in [3.8, 4) is 11.5 Å². The van der Waals surface area contributed by atoms with Crippen LogP contribution in [0, 0.1) is 5.92 Å². The monoisotopic (exact) mass is 235 g/mol. The highest BCUT2D eigenvalue weighted by Crippen LogP contribution is 2.27. The van der Waals surface area contributed by atoms with Crippen LogP contribution in [0.25, 0.3) is 0 Å². The summed E-state index contributed by atoms with van der Waals surface area (Å²) in [6.45, 7) is 2.38. The molecule has 3 nitrogen and oxygen atoms in total. The number of ether oxygens (including phenoxy) is 2. The maximum atomic E-state index is 5.76. The van der Waals surface area contributed by atoms with E-state index in [-0.39, 0.29) is 0 Å².